The average molecular weight is 322 g/mol. The molecule has 126 valence electrons. The van der Waals surface area contributed by atoms with Crippen molar-refractivity contribution in [2.75, 3.05) is 12.0 Å². The van der Waals surface area contributed by atoms with Gasteiger partial charge >= 0.3 is 0 Å². The molecular weight excluding hydrogens is 284 g/mol. The topological polar surface area (TPSA) is 0 Å². The van der Waals surface area contributed by atoms with Crippen LogP contribution in [0, 0.1) is 0 Å². The van der Waals surface area contributed by atoms with E-state index < -0.39 is 0 Å². The molecule has 0 nitrogen and oxygen atoms in total. The summed E-state index contributed by atoms with van der Waals surface area (Å²) in [4.78, 5) is 0. The molecule has 0 heterocycles. The molecule has 0 aliphatic heterocycles. The Labute approximate surface area is 142 Å². The van der Waals surface area contributed by atoms with E-state index >= 15 is 0 Å². The molecule has 0 aliphatic rings. The molecule has 0 N–H and O–H groups in total. The molecule has 1 aromatic rings. The average Bonchev–Trinajstić information content (AvgIpc) is 2.53. The van der Waals surface area contributed by atoms with Crippen LogP contribution in [0.3, 0.4) is 0 Å². The van der Waals surface area contributed by atoms with Gasteiger partial charge in [-0.3, -0.25) is 0 Å². The highest BCUT2D eigenvalue weighted by atomic mass is 32.2. The van der Waals surface area contributed by atoms with Crippen molar-refractivity contribution in [2.45, 2.75) is 83.3 Å². The van der Waals surface area contributed by atoms with Gasteiger partial charge in [-0.15, -0.1) is 0 Å². The van der Waals surface area contributed by atoms with Crippen LogP contribution in [0.1, 0.15) is 83.1 Å². The molecule has 0 saturated heterocycles. The lowest BCUT2D eigenvalue weighted by Gasteiger charge is -2.05. The standard InChI is InChI=1S/C21H37S/c1-3-4-5-6-7-8-9-10-11-12-16-19-22(2)20-21-17-14-13-15-18-21/h13-15,17-18H,3-12,16,19-20H2,1-2H3/q+1. The number of hydrogen-bond acceptors (Lipinski definition) is 0. The largest absolute Gasteiger partial charge is 0.132 e. The van der Waals surface area contributed by atoms with Gasteiger partial charge in [0.05, 0.1) is 6.26 Å². The molecule has 1 rings (SSSR count). The third-order valence-electron chi connectivity index (χ3n) is 4.35. The van der Waals surface area contributed by atoms with E-state index in [9.17, 15) is 0 Å². The molecule has 1 aromatic carbocycles. The SMILES string of the molecule is CCCCCCCCCCCCC[S+](C)Cc1ccccc1. The molecule has 0 saturated carbocycles. The summed E-state index contributed by atoms with van der Waals surface area (Å²) < 4.78 is 0. The minimum absolute atomic E-state index is 0.565. The third kappa shape index (κ3) is 11.2. The van der Waals surface area contributed by atoms with Crippen LogP contribution >= 0.6 is 0 Å². The fourth-order valence-corrected chi connectivity index (χ4v) is 4.55. The quantitative estimate of drug-likeness (QED) is 0.263. The van der Waals surface area contributed by atoms with Crippen molar-refractivity contribution in [1.29, 1.82) is 0 Å². The molecular formula is C21H37S+. The Kier molecular flexibility index (Phi) is 12.6. The summed E-state index contributed by atoms with van der Waals surface area (Å²) in [7, 11) is 0.565. The first-order valence-corrected chi connectivity index (χ1v) is 11.4. The monoisotopic (exact) mass is 321 g/mol. The molecule has 1 unspecified atom stereocenters. The smallest absolute Gasteiger partial charge is 0.0654 e. The van der Waals surface area contributed by atoms with Crippen molar-refractivity contribution in [3.05, 3.63) is 35.9 Å². The van der Waals surface area contributed by atoms with Gasteiger partial charge in [0.25, 0.3) is 0 Å². The zero-order valence-corrected chi connectivity index (χ0v) is 15.8. The van der Waals surface area contributed by atoms with E-state index in [0.717, 1.165) is 0 Å². The zero-order valence-electron chi connectivity index (χ0n) is 15.0. The molecule has 0 radical (unpaired) electrons. The van der Waals surface area contributed by atoms with Gasteiger partial charge in [-0.05, 0) is 23.7 Å². The Morgan fingerprint density at radius 2 is 1.18 bits per heavy atom. The van der Waals surface area contributed by atoms with Gasteiger partial charge in [0.2, 0.25) is 0 Å². The first-order chi connectivity index (χ1) is 10.8. The van der Waals surface area contributed by atoms with Crippen LogP contribution in [0.15, 0.2) is 30.3 Å². The van der Waals surface area contributed by atoms with E-state index in [1.807, 2.05) is 0 Å². The minimum atomic E-state index is 0.565. The van der Waals surface area contributed by atoms with Crippen LogP contribution in [0.2, 0.25) is 0 Å². The number of rotatable bonds is 14. The van der Waals surface area contributed by atoms with Crippen LogP contribution in [0.25, 0.3) is 0 Å². The van der Waals surface area contributed by atoms with Gasteiger partial charge in [0, 0.05) is 5.56 Å². The fourth-order valence-electron chi connectivity index (χ4n) is 2.94. The lowest BCUT2D eigenvalue weighted by atomic mass is 10.1. The molecule has 0 amide bonds. The first kappa shape index (κ1) is 19.6. The van der Waals surface area contributed by atoms with Crippen molar-refractivity contribution >= 4 is 10.9 Å². The summed E-state index contributed by atoms with van der Waals surface area (Å²) in [6.45, 7) is 2.29. The fraction of sp³-hybridized carbons (Fsp3) is 0.714. The highest BCUT2D eigenvalue weighted by Crippen LogP contribution is 2.13. The molecule has 0 aliphatic carbocycles. The second kappa shape index (κ2) is 14.2. The van der Waals surface area contributed by atoms with E-state index in [2.05, 4.69) is 43.5 Å². The number of benzene rings is 1. The first-order valence-electron chi connectivity index (χ1n) is 9.46. The van der Waals surface area contributed by atoms with Gasteiger partial charge in [-0.1, -0.05) is 95.0 Å². The van der Waals surface area contributed by atoms with E-state index in [0.29, 0.717) is 10.9 Å². The van der Waals surface area contributed by atoms with E-state index in [1.54, 1.807) is 0 Å². The maximum atomic E-state index is 2.43. The second-order valence-corrected chi connectivity index (χ2v) is 8.91. The molecule has 1 heteroatoms. The summed E-state index contributed by atoms with van der Waals surface area (Å²) in [5, 5.41) is 0. The van der Waals surface area contributed by atoms with Gasteiger partial charge in [0.15, 0.2) is 0 Å². The maximum absolute atomic E-state index is 2.43. The van der Waals surface area contributed by atoms with Crippen molar-refractivity contribution in [1.82, 2.24) is 0 Å². The second-order valence-electron chi connectivity index (χ2n) is 6.65. The summed E-state index contributed by atoms with van der Waals surface area (Å²) in [6, 6.07) is 11.0. The minimum Gasteiger partial charge on any atom is -0.0654 e. The molecule has 22 heavy (non-hydrogen) atoms. The van der Waals surface area contributed by atoms with Crippen molar-refractivity contribution < 1.29 is 0 Å². The van der Waals surface area contributed by atoms with E-state index in [4.69, 9.17) is 0 Å². The summed E-state index contributed by atoms with van der Waals surface area (Å²) >= 11 is 0. The maximum Gasteiger partial charge on any atom is 0.132 e. The Morgan fingerprint density at radius 3 is 1.73 bits per heavy atom. The highest BCUT2D eigenvalue weighted by molar-refractivity contribution is 7.95. The van der Waals surface area contributed by atoms with E-state index in [-0.39, 0.29) is 0 Å². The summed E-state index contributed by atoms with van der Waals surface area (Å²) in [6.07, 6.45) is 18.4. The predicted octanol–water partition coefficient (Wildman–Crippen LogP) is 6.75. The van der Waals surface area contributed by atoms with Gasteiger partial charge in [-0.25, -0.2) is 0 Å². The van der Waals surface area contributed by atoms with Crippen LogP contribution < -0.4 is 0 Å². The number of unbranched alkanes of at least 4 members (excludes halogenated alkanes) is 10. The molecule has 0 spiro atoms. The van der Waals surface area contributed by atoms with Gasteiger partial charge in [0.1, 0.15) is 11.5 Å². The highest BCUT2D eigenvalue weighted by Gasteiger charge is 2.10. The van der Waals surface area contributed by atoms with Crippen molar-refractivity contribution in [2.24, 2.45) is 0 Å². The van der Waals surface area contributed by atoms with Crippen LogP contribution in [-0.4, -0.2) is 12.0 Å². The molecule has 0 aromatic heterocycles. The Morgan fingerprint density at radius 1 is 0.682 bits per heavy atom. The lowest BCUT2D eigenvalue weighted by molar-refractivity contribution is 0.555. The van der Waals surface area contributed by atoms with Gasteiger partial charge < -0.3 is 0 Å². The van der Waals surface area contributed by atoms with Crippen LogP contribution in [0.4, 0.5) is 0 Å². The molecule has 0 bridgehead atoms. The lowest BCUT2D eigenvalue weighted by Crippen LogP contribution is -2.08. The summed E-state index contributed by atoms with van der Waals surface area (Å²) in [5.41, 5.74) is 1.51. The Balaban J connectivity index is 1.85. The van der Waals surface area contributed by atoms with Crippen LogP contribution in [0.5, 0.6) is 0 Å². The molecule has 1 atom stereocenters. The zero-order chi connectivity index (χ0) is 15.9. The predicted molar refractivity (Wildman–Crippen MR) is 105 cm³/mol. The van der Waals surface area contributed by atoms with Crippen LogP contribution in [-0.2, 0) is 16.6 Å². The van der Waals surface area contributed by atoms with Crippen molar-refractivity contribution in [3.8, 4) is 0 Å². The molecule has 0 fully saturated rings. The van der Waals surface area contributed by atoms with Gasteiger partial charge in [-0.2, -0.15) is 0 Å². The Bertz CT molecular complexity index is 333. The Hall–Kier alpha value is -0.430. The van der Waals surface area contributed by atoms with E-state index in [1.165, 1.54) is 87.7 Å². The third-order valence-corrected chi connectivity index (χ3v) is 6.16. The normalized spacial score (nSPS) is 12.5. The number of hydrogen-bond donors (Lipinski definition) is 0. The van der Waals surface area contributed by atoms with Crippen molar-refractivity contribution in [3.63, 3.8) is 0 Å². The summed E-state index contributed by atoms with van der Waals surface area (Å²) in [5.74, 6) is 2.70.